The molecule has 0 N–H and O–H groups in total. The molecule has 0 spiro atoms. The van der Waals surface area contributed by atoms with Gasteiger partial charge < -0.3 is 21.5 Å². The number of pyridine rings is 1. The number of benzene rings is 1. The molecule has 3 heterocycles. The van der Waals surface area contributed by atoms with Crippen molar-refractivity contribution in [2.75, 3.05) is 0 Å². The number of hydrogen-bond acceptors (Lipinski definition) is 1. The first kappa shape index (κ1) is 16.4. The first-order chi connectivity index (χ1) is 11.3. The minimum atomic E-state index is 0. The van der Waals surface area contributed by atoms with Crippen LogP contribution in [0.15, 0.2) is 78.8 Å². The molecule has 24 heavy (non-hydrogen) atoms. The smallest absolute Gasteiger partial charge is 0.207 e. The highest BCUT2D eigenvalue weighted by Gasteiger charge is 2.23. The average molecular weight is 381 g/mol. The lowest BCUT2D eigenvalue weighted by Crippen LogP contribution is -3.00. The van der Waals surface area contributed by atoms with Gasteiger partial charge in [-0.25, -0.2) is 4.57 Å². The number of allylic oxidation sites excluding steroid dienone is 1. The Morgan fingerprint density at radius 1 is 1.00 bits per heavy atom. The van der Waals surface area contributed by atoms with Gasteiger partial charge in [-0.2, -0.15) is 0 Å². The highest BCUT2D eigenvalue weighted by Crippen LogP contribution is 2.22. The van der Waals surface area contributed by atoms with E-state index in [2.05, 4.69) is 53.4 Å². The molecule has 0 bridgehead atoms. The molecule has 0 amide bonds. The quantitative estimate of drug-likeness (QED) is 0.467. The minimum Gasteiger partial charge on any atom is -1.00 e. The van der Waals surface area contributed by atoms with Crippen molar-refractivity contribution in [3.8, 4) is 0 Å². The van der Waals surface area contributed by atoms with E-state index in [4.69, 9.17) is 0 Å². The second-order valence-electron chi connectivity index (χ2n) is 5.81. The van der Waals surface area contributed by atoms with E-state index in [1.54, 1.807) is 0 Å². The van der Waals surface area contributed by atoms with E-state index in [9.17, 15) is 4.79 Å². The fourth-order valence-corrected chi connectivity index (χ4v) is 2.96. The maximum Gasteiger partial charge on any atom is 0.207 e. The highest BCUT2D eigenvalue weighted by atomic mass is 79.9. The Morgan fingerprint density at radius 3 is 2.46 bits per heavy atom. The van der Waals surface area contributed by atoms with Crippen LogP contribution >= 0.6 is 0 Å². The summed E-state index contributed by atoms with van der Waals surface area (Å²) in [4.78, 5) is 12.3. The van der Waals surface area contributed by atoms with Crippen LogP contribution in [0.2, 0.25) is 0 Å². The first-order valence-electron chi connectivity index (χ1n) is 7.73. The van der Waals surface area contributed by atoms with Gasteiger partial charge in [0.15, 0.2) is 18.9 Å². The average Bonchev–Trinajstić information content (AvgIpc) is 3.14. The summed E-state index contributed by atoms with van der Waals surface area (Å²) in [5, 5.41) is 0. The van der Waals surface area contributed by atoms with Gasteiger partial charge >= 0.3 is 0 Å². The van der Waals surface area contributed by atoms with E-state index in [1.807, 2.05) is 35.0 Å². The molecule has 4 rings (SSSR count). The number of hydrogen-bond donors (Lipinski definition) is 0. The van der Waals surface area contributed by atoms with Crippen LogP contribution in [0.4, 0.5) is 0 Å². The molecule has 0 aliphatic carbocycles. The van der Waals surface area contributed by atoms with E-state index >= 15 is 0 Å². The van der Waals surface area contributed by atoms with Crippen molar-refractivity contribution in [1.82, 2.24) is 4.57 Å². The lowest BCUT2D eigenvalue weighted by Gasteiger charge is -1.99. The number of fused-ring (bicyclic) bond motifs is 1. The lowest BCUT2D eigenvalue weighted by atomic mass is 10.1. The number of aromatic nitrogens is 2. The summed E-state index contributed by atoms with van der Waals surface area (Å²) in [6.45, 7) is 1.52. The molecular weight excluding hydrogens is 364 g/mol. The third-order valence-corrected chi connectivity index (χ3v) is 4.16. The van der Waals surface area contributed by atoms with Crippen molar-refractivity contribution in [2.24, 2.45) is 0 Å². The standard InChI is InChI=1S/C20H17N2O.BrH/c23-20-18(15-22-10-4-7-19(20)22)13-16-8-11-21(12-9-16)14-17-5-2-1-3-6-17;/h1-13H,14-15H2;1H/q+1;/p-1/b18-13-;. The summed E-state index contributed by atoms with van der Waals surface area (Å²) in [6.07, 6.45) is 8.05. The van der Waals surface area contributed by atoms with Crippen molar-refractivity contribution < 1.29 is 26.3 Å². The predicted octanol–water partition coefficient (Wildman–Crippen LogP) is 0.108. The molecule has 1 aliphatic heterocycles. The monoisotopic (exact) mass is 380 g/mol. The molecule has 120 valence electrons. The zero-order valence-corrected chi connectivity index (χ0v) is 14.7. The minimum absolute atomic E-state index is 0. The molecule has 0 saturated carbocycles. The molecule has 4 heteroatoms. The van der Waals surface area contributed by atoms with Gasteiger partial charge in [0.25, 0.3) is 0 Å². The maximum atomic E-state index is 12.3. The molecule has 1 aromatic carbocycles. The number of halogens is 1. The molecule has 3 aromatic rings. The van der Waals surface area contributed by atoms with Crippen LogP contribution < -0.4 is 21.5 Å². The summed E-state index contributed by atoms with van der Waals surface area (Å²) in [5.41, 5.74) is 3.96. The number of carbonyl (C=O) groups is 1. The second-order valence-corrected chi connectivity index (χ2v) is 5.81. The highest BCUT2D eigenvalue weighted by molar-refractivity contribution is 6.12. The first-order valence-corrected chi connectivity index (χ1v) is 7.73. The molecule has 1 aliphatic rings. The van der Waals surface area contributed by atoms with Gasteiger partial charge in [-0.3, -0.25) is 4.79 Å². The van der Waals surface area contributed by atoms with Crippen molar-refractivity contribution in [3.63, 3.8) is 0 Å². The van der Waals surface area contributed by atoms with Crippen LogP contribution in [-0.4, -0.2) is 10.4 Å². The summed E-state index contributed by atoms with van der Waals surface area (Å²) in [6, 6.07) is 18.3. The summed E-state index contributed by atoms with van der Waals surface area (Å²) in [7, 11) is 0. The Balaban J connectivity index is 0.00000169. The van der Waals surface area contributed by atoms with Crippen LogP contribution in [0.3, 0.4) is 0 Å². The van der Waals surface area contributed by atoms with Crippen LogP contribution in [-0.2, 0) is 13.1 Å². The summed E-state index contributed by atoms with van der Waals surface area (Å²) in [5.74, 6) is 0.135. The molecule has 0 unspecified atom stereocenters. The van der Waals surface area contributed by atoms with Crippen LogP contribution in [0.1, 0.15) is 21.6 Å². The number of rotatable bonds is 3. The van der Waals surface area contributed by atoms with Gasteiger partial charge in [0.1, 0.15) is 0 Å². The second kappa shape index (κ2) is 6.97. The third-order valence-electron chi connectivity index (χ3n) is 4.16. The van der Waals surface area contributed by atoms with E-state index in [0.717, 1.165) is 23.4 Å². The molecule has 2 aromatic heterocycles. The van der Waals surface area contributed by atoms with Crippen molar-refractivity contribution in [3.05, 3.63) is 95.6 Å². The van der Waals surface area contributed by atoms with Crippen LogP contribution in [0.25, 0.3) is 6.08 Å². The summed E-state index contributed by atoms with van der Waals surface area (Å²) >= 11 is 0. The Bertz CT molecular complexity index is 880. The Labute approximate surface area is 151 Å². The van der Waals surface area contributed by atoms with Gasteiger partial charge in [-0.15, -0.1) is 0 Å². The topological polar surface area (TPSA) is 25.9 Å². The predicted molar refractivity (Wildman–Crippen MR) is 88.9 cm³/mol. The SMILES string of the molecule is O=C1/C(=C\c2cc[n+](Cc3ccccc3)cc2)Cn2cccc21.[Br-]. The van der Waals surface area contributed by atoms with E-state index in [0.29, 0.717) is 6.54 Å². The number of ketones is 1. The number of Topliss-reactive ketones (excluding diaryl/α,β-unsaturated/α-hetero) is 1. The van der Waals surface area contributed by atoms with Gasteiger partial charge in [0, 0.05) is 29.5 Å². The fraction of sp³-hybridized carbons (Fsp3) is 0.100. The van der Waals surface area contributed by atoms with Crippen molar-refractivity contribution >= 4 is 11.9 Å². The molecule has 0 atom stereocenters. The van der Waals surface area contributed by atoms with E-state index in [-0.39, 0.29) is 22.8 Å². The lowest BCUT2D eigenvalue weighted by molar-refractivity contribution is -0.688. The third kappa shape index (κ3) is 3.24. The van der Waals surface area contributed by atoms with Crippen molar-refractivity contribution in [2.45, 2.75) is 13.1 Å². The van der Waals surface area contributed by atoms with E-state index in [1.165, 1.54) is 5.56 Å². The fourth-order valence-electron chi connectivity index (χ4n) is 2.96. The largest absolute Gasteiger partial charge is 1.00 e. The zero-order valence-electron chi connectivity index (χ0n) is 13.1. The zero-order chi connectivity index (χ0) is 15.6. The van der Waals surface area contributed by atoms with Gasteiger partial charge in [0.05, 0.1) is 12.2 Å². The van der Waals surface area contributed by atoms with E-state index < -0.39 is 0 Å². The maximum absolute atomic E-state index is 12.3. The number of nitrogens with zero attached hydrogens (tertiary/aromatic N) is 2. The number of carbonyl (C=O) groups excluding carboxylic acids is 1. The van der Waals surface area contributed by atoms with Crippen LogP contribution in [0.5, 0.6) is 0 Å². The Kier molecular flexibility index (Phi) is 4.76. The van der Waals surface area contributed by atoms with Crippen molar-refractivity contribution in [1.29, 1.82) is 0 Å². The molecular formula is C20H17BrN2O. The Morgan fingerprint density at radius 2 is 1.75 bits per heavy atom. The molecule has 0 radical (unpaired) electrons. The molecule has 0 fully saturated rings. The van der Waals surface area contributed by atoms with Gasteiger partial charge in [-0.1, -0.05) is 30.3 Å². The molecule has 3 nitrogen and oxygen atoms in total. The van der Waals surface area contributed by atoms with Gasteiger partial charge in [-0.05, 0) is 23.8 Å². The Hall–Kier alpha value is -2.46. The summed E-state index contributed by atoms with van der Waals surface area (Å²) < 4.78 is 4.13. The molecule has 0 saturated heterocycles. The normalized spacial score (nSPS) is 14.5. The van der Waals surface area contributed by atoms with Gasteiger partial charge in [0.2, 0.25) is 5.78 Å². The van der Waals surface area contributed by atoms with Crippen LogP contribution in [0, 0.1) is 0 Å².